The molecular weight excluding hydrogens is 635 g/mol. The Morgan fingerprint density at radius 2 is 1.33 bits per heavy atom. The molecule has 5 heteroatoms. The van der Waals surface area contributed by atoms with Gasteiger partial charge in [-0.05, 0) is 85.2 Å². The van der Waals surface area contributed by atoms with E-state index < -0.39 is 8.07 Å². The molecule has 0 unspecified atom stereocenters. The summed E-state index contributed by atoms with van der Waals surface area (Å²) in [7, 11) is -2.02. The van der Waals surface area contributed by atoms with E-state index in [4.69, 9.17) is 4.42 Å². The summed E-state index contributed by atoms with van der Waals surface area (Å²) in [5.74, 6) is 0. The van der Waals surface area contributed by atoms with Crippen LogP contribution in [0.25, 0.3) is 60.6 Å². The van der Waals surface area contributed by atoms with Crippen molar-refractivity contribution in [1.29, 1.82) is 0 Å². The molecule has 0 fully saturated rings. The molecule has 0 saturated carbocycles. The first-order valence-corrected chi connectivity index (χ1v) is 21.5. The molecule has 3 nitrogen and oxygen atoms in total. The zero-order valence-electron chi connectivity index (χ0n) is 30.7. The third-order valence-corrected chi connectivity index (χ3v) is 15.9. The van der Waals surface area contributed by atoms with Crippen LogP contribution < -0.4 is 26.1 Å². The molecule has 0 spiro atoms. The second-order valence-corrected chi connectivity index (χ2v) is 22.1. The summed E-state index contributed by atoms with van der Waals surface area (Å²) in [5.41, 5.74) is 16.6. The van der Waals surface area contributed by atoms with Gasteiger partial charge in [0.05, 0.1) is 22.1 Å². The molecule has 6 aromatic carbocycles. The highest BCUT2D eigenvalue weighted by atomic mass is 28.3. The number of nitrogens with zero attached hydrogens (tertiary/aromatic N) is 2. The number of para-hydroxylation sites is 3. The maximum absolute atomic E-state index is 6.81. The van der Waals surface area contributed by atoms with Crippen LogP contribution in [0, 0.1) is 0 Å². The van der Waals surface area contributed by atoms with Crippen molar-refractivity contribution in [1.82, 2.24) is 4.57 Å². The molecule has 3 aliphatic heterocycles. The molecule has 0 bridgehead atoms. The second-order valence-electron chi connectivity index (χ2n) is 17.8. The van der Waals surface area contributed by atoms with Gasteiger partial charge in [0, 0.05) is 33.1 Å². The van der Waals surface area contributed by atoms with Crippen molar-refractivity contribution >= 4 is 91.3 Å². The van der Waals surface area contributed by atoms with E-state index in [2.05, 4.69) is 167 Å². The van der Waals surface area contributed by atoms with Gasteiger partial charge in [-0.3, -0.25) is 0 Å². The third-order valence-electron chi connectivity index (χ3n) is 12.4. The number of rotatable bonds is 0. The van der Waals surface area contributed by atoms with Crippen LogP contribution >= 0.6 is 0 Å². The minimum absolute atomic E-state index is 0.00309. The number of hydrogen-bond donors (Lipinski definition) is 0. The Morgan fingerprint density at radius 3 is 2.14 bits per heavy atom. The van der Waals surface area contributed by atoms with Crippen molar-refractivity contribution in [3.8, 4) is 16.8 Å². The molecule has 0 radical (unpaired) electrons. The lowest BCUT2D eigenvalue weighted by molar-refractivity contribution is 0.590. The van der Waals surface area contributed by atoms with E-state index in [0.29, 0.717) is 0 Å². The van der Waals surface area contributed by atoms with E-state index in [-0.39, 0.29) is 17.7 Å². The first-order valence-electron chi connectivity index (χ1n) is 18.5. The standard InChI is InChI=1S/C46H41BN2OSi/c1-45(2,3)26-20-21-34-30(22-26)32-23-27(46(4,5)6)24-33-42(32)48(34)44-40-29-14-9-11-17-36(29)50-37(40)25-31-28-15-13-19-39-43(28)49(47(33)41(31)44)35-16-10-12-18-38(35)51(39,7)8/h9-25H,1-8H3. The maximum Gasteiger partial charge on any atom is 0.333 e. The van der Waals surface area contributed by atoms with E-state index in [9.17, 15) is 0 Å². The highest BCUT2D eigenvalue weighted by molar-refractivity contribution is 7.05. The summed E-state index contributed by atoms with van der Waals surface area (Å²) in [6, 6.07) is 39.7. The molecule has 0 amide bonds. The number of furan rings is 1. The first kappa shape index (κ1) is 29.7. The van der Waals surface area contributed by atoms with Crippen LogP contribution in [0.3, 0.4) is 0 Å². The highest BCUT2D eigenvalue weighted by Crippen LogP contribution is 2.49. The average Bonchev–Trinajstić information content (AvgIpc) is 3.64. The normalized spacial score (nSPS) is 15.5. The Balaban J connectivity index is 1.42. The SMILES string of the molecule is CC(C)(C)c1ccc2c(c1)c1cc(C(C)(C)C)cc3c1n2-c1c2c(cc4oc5ccccc5c14)-c1cccc4c1N(B23)c1ccccc1[Si]4(C)C. The molecule has 2 aromatic heterocycles. The van der Waals surface area contributed by atoms with Crippen LogP contribution in [-0.4, -0.2) is 19.5 Å². The summed E-state index contributed by atoms with van der Waals surface area (Å²) in [5, 5.41) is 8.08. The molecule has 0 aliphatic carbocycles. The van der Waals surface area contributed by atoms with Gasteiger partial charge in [-0.1, -0.05) is 121 Å². The third kappa shape index (κ3) is 3.60. The Hall–Kier alpha value is -5.00. The molecule has 11 rings (SSSR count). The summed E-state index contributed by atoms with van der Waals surface area (Å²) in [6.45, 7) is 19.1. The Morgan fingerprint density at radius 1 is 0.608 bits per heavy atom. The minimum atomic E-state index is -2.02. The van der Waals surface area contributed by atoms with E-state index >= 15 is 0 Å². The van der Waals surface area contributed by atoms with Crippen molar-refractivity contribution in [2.24, 2.45) is 0 Å². The summed E-state index contributed by atoms with van der Waals surface area (Å²) < 4.78 is 9.44. The van der Waals surface area contributed by atoms with Gasteiger partial charge in [-0.2, -0.15) is 0 Å². The lowest BCUT2D eigenvalue weighted by Crippen LogP contribution is -2.68. The molecule has 3 aliphatic rings. The molecule has 8 aromatic rings. The number of benzene rings is 6. The highest BCUT2D eigenvalue weighted by Gasteiger charge is 2.50. The van der Waals surface area contributed by atoms with Gasteiger partial charge in [-0.25, -0.2) is 0 Å². The van der Waals surface area contributed by atoms with Crippen LogP contribution in [0.2, 0.25) is 13.1 Å². The fourth-order valence-corrected chi connectivity index (χ4v) is 12.8. The Labute approximate surface area is 300 Å². The lowest BCUT2D eigenvalue weighted by Gasteiger charge is -2.49. The molecule has 248 valence electrons. The van der Waals surface area contributed by atoms with Crippen LogP contribution in [-0.2, 0) is 10.8 Å². The molecule has 51 heavy (non-hydrogen) atoms. The number of aromatic nitrogens is 1. The lowest BCUT2D eigenvalue weighted by atomic mass is 9.43. The quantitative estimate of drug-likeness (QED) is 0.149. The van der Waals surface area contributed by atoms with Gasteiger partial charge < -0.3 is 13.8 Å². The van der Waals surface area contributed by atoms with Crippen molar-refractivity contribution in [2.45, 2.75) is 65.5 Å². The Kier molecular flexibility index (Phi) is 5.39. The van der Waals surface area contributed by atoms with Gasteiger partial charge in [0.15, 0.2) is 0 Å². The molecule has 0 atom stereocenters. The van der Waals surface area contributed by atoms with Crippen molar-refractivity contribution in [2.75, 3.05) is 4.81 Å². The van der Waals surface area contributed by atoms with Crippen molar-refractivity contribution in [3.05, 3.63) is 114 Å². The topological polar surface area (TPSA) is 21.3 Å². The van der Waals surface area contributed by atoms with Gasteiger partial charge >= 0.3 is 6.85 Å². The van der Waals surface area contributed by atoms with Crippen LogP contribution in [0.5, 0.6) is 0 Å². The monoisotopic (exact) mass is 676 g/mol. The van der Waals surface area contributed by atoms with Gasteiger partial charge in [0.25, 0.3) is 0 Å². The summed E-state index contributed by atoms with van der Waals surface area (Å²) in [4.78, 5) is 2.75. The zero-order valence-corrected chi connectivity index (χ0v) is 31.7. The number of anilines is 2. The first-order chi connectivity index (χ1) is 24.3. The van der Waals surface area contributed by atoms with Crippen LogP contribution in [0.1, 0.15) is 52.7 Å². The van der Waals surface area contributed by atoms with Crippen LogP contribution in [0.15, 0.2) is 108 Å². The predicted octanol–water partition coefficient (Wildman–Crippen LogP) is 9.65. The molecule has 0 saturated heterocycles. The Bertz CT molecular complexity index is 2880. The van der Waals surface area contributed by atoms with Gasteiger partial charge in [0.2, 0.25) is 0 Å². The summed E-state index contributed by atoms with van der Waals surface area (Å²) in [6.07, 6.45) is 0. The zero-order chi connectivity index (χ0) is 34.9. The predicted molar refractivity (Wildman–Crippen MR) is 221 cm³/mol. The van der Waals surface area contributed by atoms with Crippen molar-refractivity contribution in [3.63, 3.8) is 0 Å². The van der Waals surface area contributed by atoms with Crippen molar-refractivity contribution < 1.29 is 4.42 Å². The molecule has 0 N–H and O–H groups in total. The van der Waals surface area contributed by atoms with Gasteiger partial charge in [-0.15, -0.1) is 0 Å². The largest absolute Gasteiger partial charge is 0.456 e. The van der Waals surface area contributed by atoms with Crippen LogP contribution in [0.4, 0.5) is 11.4 Å². The average molecular weight is 677 g/mol. The smallest absolute Gasteiger partial charge is 0.333 e. The fraction of sp³-hybridized carbons (Fsp3) is 0.217. The number of fused-ring (bicyclic) bond motifs is 13. The van der Waals surface area contributed by atoms with E-state index in [1.54, 1.807) is 0 Å². The van der Waals surface area contributed by atoms with Gasteiger partial charge in [0.1, 0.15) is 19.2 Å². The fourth-order valence-electron chi connectivity index (χ4n) is 9.83. The number of hydrogen-bond acceptors (Lipinski definition) is 2. The minimum Gasteiger partial charge on any atom is -0.456 e. The van der Waals surface area contributed by atoms with E-state index in [0.717, 1.165) is 11.2 Å². The van der Waals surface area contributed by atoms with E-state index in [1.165, 1.54) is 93.2 Å². The van der Waals surface area contributed by atoms with E-state index in [1.807, 2.05) is 0 Å². The summed E-state index contributed by atoms with van der Waals surface area (Å²) >= 11 is 0. The second kappa shape index (κ2) is 9.26. The maximum atomic E-state index is 6.81. The molecule has 5 heterocycles. The molecular formula is C46H41BN2OSi.